The lowest BCUT2D eigenvalue weighted by atomic mass is 10.1. The Bertz CT molecular complexity index is 548. The molecule has 0 heterocycles. The number of benzene rings is 1. The second-order valence-electron chi connectivity index (χ2n) is 6.87. The molecule has 1 aromatic carbocycles. The minimum Gasteiger partial charge on any atom is -0.353 e. The van der Waals surface area contributed by atoms with Crippen molar-refractivity contribution in [1.82, 2.24) is 10.2 Å². The molecule has 0 aromatic heterocycles. The van der Waals surface area contributed by atoms with Crippen molar-refractivity contribution in [2.45, 2.75) is 71.4 Å². The van der Waals surface area contributed by atoms with Crippen molar-refractivity contribution in [3.8, 4) is 0 Å². The molecule has 132 valence electrons. The number of nitrogens with zero attached hydrogens (tertiary/aromatic N) is 1. The molecule has 1 aromatic rings. The van der Waals surface area contributed by atoms with Gasteiger partial charge in [-0.3, -0.25) is 9.59 Å². The molecular weight excluding hydrogens is 300 g/mol. The van der Waals surface area contributed by atoms with Gasteiger partial charge in [-0.2, -0.15) is 0 Å². The van der Waals surface area contributed by atoms with Crippen LogP contribution in [0.5, 0.6) is 0 Å². The maximum absolute atomic E-state index is 12.2. The molecule has 0 atom stereocenters. The number of carbonyl (C=O) groups is 2. The maximum Gasteiger partial charge on any atom is 0.221 e. The molecule has 0 saturated heterocycles. The molecule has 1 aliphatic rings. The second kappa shape index (κ2) is 9.45. The molecule has 0 spiro atoms. The van der Waals surface area contributed by atoms with Gasteiger partial charge in [0.1, 0.15) is 0 Å². The van der Waals surface area contributed by atoms with Crippen LogP contribution >= 0.6 is 0 Å². The number of carbonyl (C=O) groups excluding carboxylic acids is 2. The minimum absolute atomic E-state index is 0.0144. The predicted octanol–water partition coefficient (Wildman–Crippen LogP) is 3.57. The number of hydrogen-bond acceptors (Lipinski definition) is 2. The van der Waals surface area contributed by atoms with Crippen molar-refractivity contribution in [2.75, 3.05) is 6.54 Å². The van der Waals surface area contributed by atoms with Crippen molar-refractivity contribution in [3.63, 3.8) is 0 Å². The SMILES string of the molecule is CC(=O)N(CCC(=O)NC1CCCCCC1)Cc1ccccc1C. The third-order valence-corrected chi connectivity index (χ3v) is 4.90. The summed E-state index contributed by atoms with van der Waals surface area (Å²) in [6.45, 7) is 4.66. The van der Waals surface area contributed by atoms with Gasteiger partial charge in [0.25, 0.3) is 0 Å². The van der Waals surface area contributed by atoms with Crippen LogP contribution in [0.2, 0.25) is 0 Å². The first kappa shape index (κ1) is 18.5. The molecule has 1 aliphatic carbocycles. The number of rotatable bonds is 6. The Labute approximate surface area is 145 Å². The first-order valence-corrected chi connectivity index (χ1v) is 9.15. The molecule has 4 heteroatoms. The lowest BCUT2D eigenvalue weighted by molar-refractivity contribution is -0.130. The van der Waals surface area contributed by atoms with E-state index in [1.807, 2.05) is 31.2 Å². The van der Waals surface area contributed by atoms with Crippen molar-refractivity contribution < 1.29 is 9.59 Å². The van der Waals surface area contributed by atoms with Gasteiger partial charge in [-0.1, -0.05) is 49.9 Å². The first-order chi connectivity index (χ1) is 11.6. The normalized spacial score (nSPS) is 15.6. The molecule has 24 heavy (non-hydrogen) atoms. The Morgan fingerprint density at radius 3 is 2.42 bits per heavy atom. The van der Waals surface area contributed by atoms with Crippen LogP contribution in [-0.2, 0) is 16.1 Å². The highest BCUT2D eigenvalue weighted by Crippen LogP contribution is 2.17. The highest BCUT2D eigenvalue weighted by Gasteiger charge is 2.17. The third kappa shape index (κ3) is 5.99. The monoisotopic (exact) mass is 330 g/mol. The van der Waals surface area contributed by atoms with Crippen LogP contribution in [0.3, 0.4) is 0 Å². The largest absolute Gasteiger partial charge is 0.353 e. The standard InChI is InChI=1S/C20H30N2O2/c1-16-9-7-8-10-18(16)15-22(17(2)23)14-13-20(24)21-19-11-5-3-4-6-12-19/h7-10,19H,3-6,11-15H2,1-2H3,(H,21,24). The zero-order valence-electron chi connectivity index (χ0n) is 15.0. The van der Waals surface area contributed by atoms with Crippen molar-refractivity contribution in [3.05, 3.63) is 35.4 Å². The minimum atomic E-state index is 0.0144. The summed E-state index contributed by atoms with van der Waals surface area (Å²) >= 11 is 0. The van der Waals surface area contributed by atoms with Gasteiger partial charge in [-0.15, -0.1) is 0 Å². The van der Waals surface area contributed by atoms with Gasteiger partial charge in [0.2, 0.25) is 11.8 Å². The molecule has 1 N–H and O–H groups in total. The average Bonchev–Trinajstić information content (AvgIpc) is 2.81. The van der Waals surface area contributed by atoms with Gasteiger partial charge in [0, 0.05) is 32.5 Å². The Kier molecular flexibility index (Phi) is 7.29. The van der Waals surface area contributed by atoms with E-state index in [0.717, 1.165) is 18.4 Å². The summed E-state index contributed by atoms with van der Waals surface area (Å²) in [5.74, 6) is 0.0819. The van der Waals surface area contributed by atoms with E-state index in [-0.39, 0.29) is 11.8 Å². The highest BCUT2D eigenvalue weighted by atomic mass is 16.2. The van der Waals surface area contributed by atoms with E-state index in [0.29, 0.717) is 25.6 Å². The molecule has 1 fully saturated rings. The van der Waals surface area contributed by atoms with Crippen LogP contribution in [0.1, 0.15) is 63.0 Å². The van der Waals surface area contributed by atoms with Gasteiger partial charge in [-0.05, 0) is 30.9 Å². The number of hydrogen-bond donors (Lipinski definition) is 1. The molecule has 0 radical (unpaired) electrons. The molecule has 0 aliphatic heterocycles. The molecule has 0 unspecified atom stereocenters. The summed E-state index contributed by atoms with van der Waals surface area (Å²) in [5, 5.41) is 3.15. The van der Waals surface area contributed by atoms with Gasteiger partial charge in [0.05, 0.1) is 0 Å². The number of amides is 2. The van der Waals surface area contributed by atoms with Crippen LogP contribution in [0.4, 0.5) is 0 Å². The van der Waals surface area contributed by atoms with E-state index in [4.69, 9.17) is 0 Å². The maximum atomic E-state index is 12.2. The Morgan fingerprint density at radius 2 is 1.79 bits per heavy atom. The molecular formula is C20H30N2O2. The smallest absolute Gasteiger partial charge is 0.221 e. The summed E-state index contributed by atoms with van der Waals surface area (Å²) < 4.78 is 0. The summed E-state index contributed by atoms with van der Waals surface area (Å²) in [5.41, 5.74) is 2.31. The van der Waals surface area contributed by atoms with Crippen molar-refractivity contribution >= 4 is 11.8 Å². The lowest BCUT2D eigenvalue weighted by Gasteiger charge is -2.23. The molecule has 2 rings (SSSR count). The fourth-order valence-corrected chi connectivity index (χ4v) is 3.30. The van der Waals surface area contributed by atoms with Crippen molar-refractivity contribution in [1.29, 1.82) is 0 Å². The first-order valence-electron chi connectivity index (χ1n) is 9.15. The van der Waals surface area contributed by atoms with E-state index in [1.165, 1.54) is 31.2 Å². The van der Waals surface area contributed by atoms with Gasteiger partial charge < -0.3 is 10.2 Å². The summed E-state index contributed by atoms with van der Waals surface area (Å²) in [7, 11) is 0. The third-order valence-electron chi connectivity index (χ3n) is 4.90. The fraction of sp³-hybridized carbons (Fsp3) is 0.600. The zero-order valence-corrected chi connectivity index (χ0v) is 15.0. The van der Waals surface area contributed by atoms with Gasteiger partial charge >= 0.3 is 0 Å². The van der Waals surface area contributed by atoms with Crippen LogP contribution in [0.25, 0.3) is 0 Å². The van der Waals surface area contributed by atoms with E-state index >= 15 is 0 Å². The van der Waals surface area contributed by atoms with Gasteiger partial charge in [-0.25, -0.2) is 0 Å². The highest BCUT2D eigenvalue weighted by molar-refractivity contribution is 5.78. The van der Waals surface area contributed by atoms with Crippen LogP contribution in [-0.4, -0.2) is 29.3 Å². The van der Waals surface area contributed by atoms with Gasteiger partial charge in [0.15, 0.2) is 0 Å². The average molecular weight is 330 g/mol. The van der Waals surface area contributed by atoms with Crippen molar-refractivity contribution in [2.24, 2.45) is 0 Å². The molecule has 2 amide bonds. The second-order valence-corrected chi connectivity index (χ2v) is 6.87. The fourth-order valence-electron chi connectivity index (χ4n) is 3.30. The molecule has 0 bridgehead atoms. The van der Waals surface area contributed by atoms with E-state index in [1.54, 1.807) is 11.8 Å². The van der Waals surface area contributed by atoms with E-state index < -0.39 is 0 Å². The van der Waals surface area contributed by atoms with Crippen LogP contribution in [0.15, 0.2) is 24.3 Å². The predicted molar refractivity (Wildman–Crippen MR) is 96.5 cm³/mol. The Morgan fingerprint density at radius 1 is 1.12 bits per heavy atom. The van der Waals surface area contributed by atoms with E-state index in [2.05, 4.69) is 5.32 Å². The topological polar surface area (TPSA) is 49.4 Å². The Hall–Kier alpha value is -1.84. The van der Waals surface area contributed by atoms with E-state index in [9.17, 15) is 9.59 Å². The summed E-state index contributed by atoms with van der Waals surface area (Å²) in [6.07, 6.45) is 7.52. The van der Waals surface area contributed by atoms with Crippen LogP contribution < -0.4 is 5.32 Å². The number of aryl methyl sites for hydroxylation is 1. The summed E-state index contributed by atoms with van der Waals surface area (Å²) in [4.78, 5) is 25.9. The van der Waals surface area contributed by atoms with Crippen LogP contribution in [0, 0.1) is 6.92 Å². The Balaban J connectivity index is 1.83. The number of nitrogens with one attached hydrogen (secondary N) is 1. The summed E-state index contributed by atoms with van der Waals surface area (Å²) in [6, 6.07) is 8.39. The zero-order chi connectivity index (χ0) is 17.4. The lowest BCUT2D eigenvalue weighted by Crippen LogP contribution is -2.38. The molecule has 1 saturated carbocycles. The molecule has 4 nitrogen and oxygen atoms in total. The quantitative estimate of drug-likeness (QED) is 0.811.